The van der Waals surface area contributed by atoms with Crippen LogP contribution in [0.25, 0.3) is 0 Å². The van der Waals surface area contributed by atoms with E-state index in [4.69, 9.17) is 9.15 Å². The maximum Gasteiger partial charge on any atom is 0.221 e. The number of hydrogen-bond donors (Lipinski definition) is 1. The molecule has 1 saturated heterocycles. The summed E-state index contributed by atoms with van der Waals surface area (Å²) in [4.78, 5) is 17.6. The predicted octanol–water partition coefficient (Wildman–Crippen LogP) is 3.59. The summed E-state index contributed by atoms with van der Waals surface area (Å²) in [5.41, 5.74) is 1.53. The summed E-state index contributed by atoms with van der Waals surface area (Å²) in [6.07, 6.45) is 1.68. The van der Waals surface area contributed by atoms with Crippen LogP contribution in [0.1, 0.15) is 12.7 Å². The van der Waals surface area contributed by atoms with Crippen molar-refractivity contribution < 1.29 is 13.9 Å². The van der Waals surface area contributed by atoms with Gasteiger partial charge in [0.25, 0.3) is 0 Å². The van der Waals surface area contributed by atoms with Crippen molar-refractivity contribution in [3.05, 3.63) is 40.6 Å². The number of furan rings is 1. The van der Waals surface area contributed by atoms with Gasteiger partial charge in [-0.15, -0.1) is 0 Å². The summed E-state index contributed by atoms with van der Waals surface area (Å²) in [7, 11) is 0. The standard InChI is InChI=1S/C17H18BrN3O3/c1-12(22)20-14-4-2-13(3-5-14)19-11-15-10-16(18)17(24-15)21-6-8-23-9-7-21/h2-5,10-11H,6-9H2,1H3,(H,20,22). The maximum atomic E-state index is 11.0. The Kier molecular flexibility index (Phi) is 5.32. The van der Waals surface area contributed by atoms with E-state index in [-0.39, 0.29) is 5.91 Å². The van der Waals surface area contributed by atoms with Crippen molar-refractivity contribution in [2.24, 2.45) is 4.99 Å². The van der Waals surface area contributed by atoms with Gasteiger partial charge >= 0.3 is 0 Å². The molecule has 1 fully saturated rings. The number of nitrogens with one attached hydrogen (secondary N) is 1. The fraction of sp³-hybridized carbons (Fsp3) is 0.294. The number of halogens is 1. The van der Waals surface area contributed by atoms with Crippen LogP contribution in [0.3, 0.4) is 0 Å². The van der Waals surface area contributed by atoms with Crippen LogP contribution in [0.4, 0.5) is 17.3 Å². The third kappa shape index (κ3) is 4.24. The van der Waals surface area contributed by atoms with Gasteiger partial charge in [-0.05, 0) is 40.2 Å². The Labute approximate surface area is 148 Å². The van der Waals surface area contributed by atoms with Crippen LogP contribution in [-0.4, -0.2) is 38.4 Å². The first kappa shape index (κ1) is 16.7. The molecule has 0 radical (unpaired) electrons. The van der Waals surface area contributed by atoms with Crippen LogP contribution in [0.5, 0.6) is 0 Å². The third-order valence-corrected chi connectivity index (χ3v) is 4.08. The average Bonchev–Trinajstić information content (AvgIpc) is 2.95. The fourth-order valence-electron chi connectivity index (χ4n) is 2.39. The second-order valence-electron chi connectivity index (χ2n) is 5.39. The molecule has 126 valence electrons. The number of ether oxygens (including phenoxy) is 1. The first-order valence-electron chi connectivity index (χ1n) is 7.65. The first-order chi connectivity index (χ1) is 11.6. The Balaban J connectivity index is 1.69. The van der Waals surface area contributed by atoms with Crippen LogP contribution >= 0.6 is 15.9 Å². The summed E-state index contributed by atoms with van der Waals surface area (Å²) in [5, 5.41) is 2.72. The lowest BCUT2D eigenvalue weighted by atomic mass is 10.3. The van der Waals surface area contributed by atoms with Gasteiger partial charge in [0, 0.05) is 31.8 Å². The van der Waals surface area contributed by atoms with Crippen LogP contribution in [0.15, 0.2) is 44.2 Å². The van der Waals surface area contributed by atoms with Gasteiger partial charge in [-0.2, -0.15) is 0 Å². The van der Waals surface area contributed by atoms with E-state index in [0.717, 1.165) is 34.8 Å². The summed E-state index contributed by atoms with van der Waals surface area (Å²) >= 11 is 3.53. The van der Waals surface area contributed by atoms with Crippen LogP contribution < -0.4 is 10.2 Å². The zero-order chi connectivity index (χ0) is 16.9. The molecule has 2 aromatic rings. The summed E-state index contributed by atoms with van der Waals surface area (Å²) < 4.78 is 12.1. The topological polar surface area (TPSA) is 67.1 Å². The Morgan fingerprint density at radius 2 is 2.00 bits per heavy atom. The molecular weight excluding hydrogens is 374 g/mol. The summed E-state index contributed by atoms with van der Waals surface area (Å²) in [6, 6.07) is 9.20. The minimum Gasteiger partial charge on any atom is -0.438 e. The van der Waals surface area contributed by atoms with Crippen LogP contribution in [-0.2, 0) is 9.53 Å². The lowest BCUT2D eigenvalue weighted by molar-refractivity contribution is -0.114. The number of carbonyl (C=O) groups is 1. The number of hydrogen-bond acceptors (Lipinski definition) is 5. The van der Waals surface area contributed by atoms with E-state index in [1.165, 1.54) is 6.92 Å². The highest BCUT2D eigenvalue weighted by molar-refractivity contribution is 9.10. The minimum absolute atomic E-state index is 0.0951. The Bertz CT molecular complexity index is 734. The monoisotopic (exact) mass is 391 g/mol. The summed E-state index contributed by atoms with van der Waals surface area (Å²) in [6.45, 7) is 4.52. The zero-order valence-electron chi connectivity index (χ0n) is 13.3. The second-order valence-corrected chi connectivity index (χ2v) is 6.24. The Morgan fingerprint density at radius 1 is 1.29 bits per heavy atom. The molecular formula is C17H18BrN3O3. The number of anilines is 2. The lowest BCUT2D eigenvalue weighted by Gasteiger charge is -2.26. The molecule has 1 N–H and O–H groups in total. The van der Waals surface area contributed by atoms with Crippen molar-refractivity contribution in [1.29, 1.82) is 0 Å². The molecule has 0 bridgehead atoms. The number of nitrogens with zero attached hydrogens (tertiary/aromatic N) is 2. The molecule has 1 aliphatic heterocycles. The minimum atomic E-state index is -0.0951. The van der Waals surface area contributed by atoms with Crippen molar-refractivity contribution in [2.45, 2.75) is 6.92 Å². The molecule has 1 amide bonds. The van der Waals surface area contributed by atoms with Crippen LogP contribution in [0.2, 0.25) is 0 Å². The molecule has 1 aromatic heterocycles. The molecule has 0 unspecified atom stereocenters. The molecule has 6 nitrogen and oxygen atoms in total. The number of amides is 1. The van der Waals surface area contributed by atoms with E-state index >= 15 is 0 Å². The van der Waals surface area contributed by atoms with Gasteiger partial charge in [0.15, 0.2) is 0 Å². The van der Waals surface area contributed by atoms with Gasteiger partial charge in [0.2, 0.25) is 11.8 Å². The van der Waals surface area contributed by atoms with E-state index in [1.807, 2.05) is 30.3 Å². The number of morpholine rings is 1. The van der Waals surface area contributed by atoms with Gasteiger partial charge in [0.1, 0.15) is 5.76 Å². The van der Waals surface area contributed by atoms with Crippen molar-refractivity contribution in [2.75, 3.05) is 36.5 Å². The number of carbonyl (C=O) groups excluding carboxylic acids is 1. The quantitative estimate of drug-likeness (QED) is 0.808. The Morgan fingerprint density at radius 3 is 2.67 bits per heavy atom. The van der Waals surface area contributed by atoms with Crippen molar-refractivity contribution >= 4 is 45.3 Å². The molecule has 7 heteroatoms. The molecule has 0 spiro atoms. The largest absolute Gasteiger partial charge is 0.438 e. The highest BCUT2D eigenvalue weighted by Gasteiger charge is 2.18. The van der Waals surface area contributed by atoms with E-state index in [1.54, 1.807) is 6.21 Å². The molecule has 0 atom stereocenters. The second kappa shape index (κ2) is 7.63. The van der Waals surface area contributed by atoms with Crippen molar-refractivity contribution in [3.63, 3.8) is 0 Å². The fourth-order valence-corrected chi connectivity index (χ4v) is 2.95. The van der Waals surface area contributed by atoms with E-state index < -0.39 is 0 Å². The molecule has 1 aliphatic rings. The van der Waals surface area contributed by atoms with E-state index in [9.17, 15) is 4.79 Å². The highest BCUT2D eigenvalue weighted by Crippen LogP contribution is 2.30. The van der Waals surface area contributed by atoms with E-state index in [0.29, 0.717) is 19.0 Å². The predicted molar refractivity (Wildman–Crippen MR) is 97.4 cm³/mol. The molecule has 1 aromatic carbocycles. The van der Waals surface area contributed by atoms with Crippen LogP contribution in [0, 0.1) is 0 Å². The average molecular weight is 392 g/mol. The SMILES string of the molecule is CC(=O)Nc1ccc(N=Cc2cc(Br)c(N3CCOCC3)o2)cc1. The highest BCUT2D eigenvalue weighted by atomic mass is 79.9. The van der Waals surface area contributed by atoms with Crippen molar-refractivity contribution in [1.82, 2.24) is 0 Å². The molecule has 3 rings (SSSR count). The van der Waals surface area contributed by atoms with Crippen molar-refractivity contribution in [3.8, 4) is 0 Å². The maximum absolute atomic E-state index is 11.0. The van der Waals surface area contributed by atoms with Gasteiger partial charge in [-0.25, -0.2) is 0 Å². The van der Waals surface area contributed by atoms with Gasteiger partial charge in [-0.3, -0.25) is 9.79 Å². The van der Waals surface area contributed by atoms with E-state index in [2.05, 4.69) is 31.1 Å². The zero-order valence-corrected chi connectivity index (χ0v) is 14.9. The van der Waals surface area contributed by atoms with Gasteiger partial charge in [0.05, 0.1) is 29.6 Å². The molecule has 0 aliphatic carbocycles. The first-order valence-corrected chi connectivity index (χ1v) is 8.45. The lowest BCUT2D eigenvalue weighted by Crippen LogP contribution is -2.36. The van der Waals surface area contributed by atoms with Gasteiger partial charge in [-0.1, -0.05) is 0 Å². The molecule has 0 saturated carbocycles. The number of rotatable bonds is 4. The molecule has 24 heavy (non-hydrogen) atoms. The summed E-state index contributed by atoms with van der Waals surface area (Å²) in [5.74, 6) is 1.39. The van der Waals surface area contributed by atoms with Gasteiger partial charge < -0.3 is 19.4 Å². The normalized spacial score (nSPS) is 15.0. The third-order valence-electron chi connectivity index (χ3n) is 3.51. The Hall–Kier alpha value is -2.12. The smallest absolute Gasteiger partial charge is 0.221 e. The number of aliphatic imine (C=N–C) groups is 1. The molecule has 2 heterocycles. The number of benzene rings is 1.